The lowest BCUT2D eigenvalue weighted by Crippen LogP contribution is -3.13. The number of para-hydroxylation sites is 2. The Labute approximate surface area is 151 Å². The van der Waals surface area contributed by atoms with Gasteiger partial charge in [0.15, 0.2) is 0 Å². The minimum atomic E-state index is 1.07. The molecule has 0 radical (unpaired) electrons. The number of nitrogens with one attached hydrogen (secondary N) is 2. The minimum absolute atomic E-state index is 1.07. The molecule has 1 aliphatic heterocycles. The number of piperidine rings is 1. The molecule has 4 nitrogen and oxygen atoms in total. The van der Waals surface area contributed by atoms with E-state index < -0.39 is 0 Å². The van der Waals surface area contributed by atoms with Gasteiger partial charge in [-0.05, 0) is 42.8 Å². The molecule has 2 N–H and O–H groups in total. The van der Waals surface area contributed by atoms with Crippen LogP contribution in [-0.4, -0.2) is 29.0 Å². The van der Waals surface area contributed by atoms with Crippen LogP contribution in [0.1, 0.15) is 19.3 Å². The van der Waals surface area contributed by atoms with E-state index in [0.717, 1.165) is 6.54 Å². The van der Waals surface area contributed by atoms with Gasteiger partial charge in [-0.1, -0.05) is 18.2 Å². The van der Waals surface area contributed by atoms with Crippen molar-refractivity contribution >= 4 is 28.1 Å². The van der Waals surface area contributed by atoms with E-state index in [-0.39, 0.29) is 0 Å². The lowest BCUT2D eigenvalue weighted by Gasteiger charge is -2.22. The van der Waals surface area contributed by atoms with Crippen LogP contribution in [0.15, 0.2) is 48.0 Å². The zero-order chi connectivity index (χ0) is 16.6. The quantitative estimate of drug-likeness (QED) is 0.529. The van der Waals surface area contributed by atoms with Crippen molar-refractivity contribution in [2.45, 2.75) is 25.8 Å². The number of likely N-dealkylation sites (tertiary alicyclic amines) is 1. The van der Waals surface area contributed by atoms with E-state index in [1.807, 2.05) is 0 Å². The number of quaternary nitrogens is 1. The van der Waals surface area contributed by atoms with E-state index in [2.05, 4.69) is 61.9 Å². The maximum absolute atomic E-state index is 3.67. The number of hydrogen-bond acceptors (Lipinski definition) is 1. The molecule has 0 spiro atoms. The zero-order valence-corrected chi connectivity index (χ0v) is 15.2. The summed E-state index contributed by atoms with van der Waals surface area (Å²) in [7, 11) is 0. The van der Waals surface area contributed by atoms with Gasteiger partial charge in [-0.3, -0.25) is 0 Å². The Hall–Kier alpha value is -2.11. The summed E-state index contributed by atoms with van der Waals surface area (Å²) in [6.07, 6.45) is 6.43. The number of fused-ring (bicyclic) bond motifs is 3. The molecule has 0 saturated carbocycles. The lowest BCUT2D eigenvalue weighted by molar-refractivity contribution is -0.920. The first-order valence-electron chi connectivity index (χ1n) is 9.29. The topological polar surface area (TPSA) is 28.5 Å². The van der Waals surface area contributed by atoms with Crippen LogP contribution in [0.5, 0.6) is 0 Å². The molecule has 0 bridgehead atoms. The molecule has 1 aromatic carbocycles. The Morgan fingerprint density at radius 2 is 1.96 bits per heavy atom. The number of aromatic amines is 1. The van der Waals surface area contributed by atoms with E-state index in [0.29, 0.717) is 0 Å². The van der Waals surface area contributed by atoms with Gasteiger partial charge in [0.05, 0.1) is 18.0 Å². The molecule has 1 aliphatic rings. The molecular formula is C20H24N4S+2. The molecule has 4 aromatic rings. The summed E-state index contributed by atoms with van der Waals surface area (Å²) in [6.45, 7) is 4.94. The van der Waals surface area contributed by atoms with Crippen molar-refractivity contribution in [1.29, 1.82) is 0 Å². The maximum Gasteiger partial charge on any atom is 0.368 e. The Kier molecular flexibility index (Phi) is 3.83. The smallest absolute Gasteiger partial charge is 0.332 e. The molecule has 25 heavy (non-hydrogen) atoms. The van der Waals surface area contributed by atoms with Gasteiger partial charge in [0.1, 0.15) is 36.0 Å². The summed E-state index contributed by atoms with van der Waals surface area (Å²) < 4.78 is 4.78. The van der Waals surface area contributed by atoms with E-state index in [4.69, 9.17) is 0 Å². The molecule has 0 amide bonds. The molecule has 0 unspecified atom stereocenters. The molecule has 5 heteroatoms. The van der Waals surface area contributed by atoms with Crippen molar-refractivity contribution in [3.63, 3.8) is 0 Å². The van der Waals surface area contributed by atoms with Crippen molar-refractivity contribution in [2.75, 3.05) is 19.6 Å². The van der Waals surface area contributed by atoms with E-state index >= 15 is 0 Å². The summed E-state index contributed by atoms with van der Waals surface area (Å²) in [5.74, 6) is 1.20. The van der Waals surface area contributed by atoms with Gasteiger partial charge < -0.3 is 4.90 Å². The molecule has 5 rings (SSSR count). The first-order chi connectivity index (χ1) is 12.4. The number of hydrogen-bond donors (Lipinski definition) is 2. The van der Waals surface area contributed by atoms with Gasteiger partial charge in [0.2, 0.25) is 0 Å². The third kappa shape index (κ3) is 2.68. The Morgan fingerprint density at radius 1 is 1.08 bits per heavy atom. The first-order valence-corrected chi connectivity index (χ1v) is 10.2. The van der Waals surface area contributed by atoms with Crippen molar-refractivity contribution in [2.24, 2.45) is 0 Å². The molecule has 1 saturated heterocycles. The van der Waals surface area contributed by atoms with Crippen LogP contribution in [-0.2, 0) is 6.54 Å². The lowest BCUT2D eigenvalue weighted by atomic mass is 10.1. The second-order valence-electron chi connectivity index (χ2n) is 7.04. The zero-order valence-electron chi connectivity index (χ0n) is 14.4. The first kappa shape index (κ1) is 15.2. The Morgan fingerprint density at radius 3 is 2.80 bits per heavy atom. The Balaban J connectivity index is 1.56. The maximum atomic E-state index is 3.67. The monoisotopic (exact) mass is 352 g/mol. The van der Waals surface area contributed by atoms with E-state index in [1.165, 1.54) is 66.3 Å². The highest BCUT2D eigenvalue weighted by atomic mass is 32.1. The van der Waals surface area contributed by atoms with Crippen LogP contribution in [0.3, 0.4) is 0 Å². The number of aromatic nitrogens is 3. The molecule has 128 valence electrons. The molecule has 3 aromatic heterocycles. The fourth-order valence-electron chi connectivity index (χ4n) is 4.15. The average Bonchev–Trinajstić information content (AvgIpc) is 3.37. The van der Waals surface area contributed by atoms with Crippen LogP contribution in [0.4, 0.5) is 0 Å². The SMILES string of the molecule is c1csc(-c2cn3c4ccccc4[n+](CC[NH+]4CCCCC4)c3[nH]2)c1. The molecule has 0 aliphatic carbocycles. The molecular weight excluding hydrogens is 328 g/mol. The third-order valence-corrected chi connectivity index (χ3v) is 6.36. The molecule has 0 atom stereocenters. The molecule has 4 heterocycles. The van der Waals surface area contributed by atoms with Gasteiger partial charge in [0, 0.05) is 0 Å². The predicted octanol–water partition coefficient (Wildman–Crippen LogP) is 2.51. The van der Waals surface area contributed by atoms with Crippen molar-refractivity contribution < 1.29 is 9.47 Å². The highest BCUT2D eigenvalue weighted by Crippen LogP contribution is 2.25. The van der Waals surface area contributed by atoms with Crippen molar-refractivity contribution in [3.8, 4) is 10.6 Å². The number of H-pyrrole nitrogens is 1. The summed E-state index contributed by atoms with van der Waals surface area (Å²) >= 11 is 1.78. The second kappa shape index (κ2) is 6.32. The fourth-order valence-corrected chi connectivity index (χ4v) is 4.84. The highest BCUT2D eigenvalue weighted by molar-refractivity contribution is 7.13. The third-order valence-electron chi connectivity index (χ3n) is 5.46. The highest BCUT2D eigenvalue weighted by Gasteiger charge is 2.23. The van der Waals surface area contributed by atoms with Crippen LogP contribution < -0.4 is 9.47 Å². The summed E-state index contributed by atoms with van der Waals surface area (Å²) in [5.41, 5.74) is 3.81. The van der Waals surface area contributed by atoms with Gasteiger partial charge >= 0.3 is 5.78 Å². The average molecular weight is 353 g/mol. The molecule has 1 fully saturated rings. The standard InChI is InChI=1S/C20H22N4S/c1-4-10-22(11-5-1)12-13-23-17-7-2-3-8-18(17)24-15-16(21-20(23)24)19-9-6-14-25-19/h2-3,6-9,14-15H,1,4-5,10-13H2/p+2. The predicted molar refractivity (Wildman–Crippen MR) is 102 cm³/mol. The van der Waals surface area contributed by atoms with Gasteiger partial charge in [-0.25, -0.2) is 9.55 Å². The van der Waals surface area contributed by atoms with Crippen LogP contribution in [0.2, 0.25) is 0 Å². The van der Waals surface area contributed by atoms with E-state index in [9.17, 15) is 0 Å². The van der Waals surface area contributed by atoms with Gasteiger partial charge in [0.25, 0.3) is 0 Å². The number of thiophene rings is 1. The number of rotatable bonds is 4. The second-order valence-corrected chi connectivity index (χ2v) is 7.99. The summed E-state index contributed by atoms with van der Waals surface area (Å²) in [5, 5.41) is 2.14. The number of benzene rings is 1. The summed E-state index contributed by atoms with van der Waals surface area (Å²) in [6, 6.07) is 13.0. The summed E-state index contributed by atoms with van der Waals surface area (Å²) in [4.78, 5) is 6.72. The fraction of sp³-hybridized carbons (Fsp3) is 0.350. The van der Waals surface area contributed by atoms with E-state index in [1.54, 1.807) is 16.2 Å². The Bertz CT molecular complexity index is 990. The van der Waals surface area contributed by atoms with Gasteiger partial charge in [-0.2, -0.15) is 4.40 Å². The van der Waals surface area contributed by atoms with Gasteiger partial charge in [-0.15, -0.1) is 11.3 Å². The van der Waals surface area contributed by atoms with Crippen LogP contribution in [0, 0.1) is 0 Å². The normalized spacial score (nSPS) is 16.2. The largest absolute Gasteiger partial charge is 0.368 e. The number of nitrogens with zero attached hydrogens (tertiary/aromatic N) is 2. The van der Waals surface area contributed by atoms with Crippen molar-refractivity contribution in [3.05, 3.63) is 48.0 Å². The van der Waals surface area contributed by atoms with Crippen molar-refractivity contribution in [1.82, 2.24) is 9.38 Å². The van der Waals surface area contributed by atoms with Crippen LogP contribution >= 0.6 is 11.3 Å². The number of imidazole rings is 2. The minimum Gasteiger partial charge on any atom is -0.332 e. The van der Waals surface area contributed by atoms with Crippen LogP contribution in [0.25, 0.3) is 27.4 Å².